The number of piperidine rings is 1. The number of ether oxygens (including phenoxy) is 2. The fourth-order valence-corrected chi connectivity index (χ4v) is 5.03. The van der Waals surface area contributed by atoms with Crippen molar-refractivity contribution in [1.29, 1.82) is 0 Å². The predicted octanol–water partition coefficient (Wildman–Crippen LogP) is 6.23. The SMILES string of the molecule is COc1cc(C(=O)NC2CCCNC2)c(C)cc1Nc1ncc(C(F)(F)F)c(Oc2cccc(CC(C)C)c2C(C)=O)n1. The number of nitrogens with zero attached hydrogens (tertiary/aromatic N) is 2. The number of hydrogen-bond donors (Lipinski definition) is 3. The zero-order valence-electron chi connectivity index (χ0n) is 24.8. The third-order valence-electron chi connectivity index (χ3n) is 7.03. The van der Waals surface area contributed by atoms with Crippen molar-refractivity contribution in [1.82, 2.24) is 20.6 Å². The normalized spacial score (nSPS) is 15.2. The van der Waals surface area contributed by atoms with Gasteiger partial charge in [0.25, 0.3) is 5.91 Å². The number of carbonyl (C=O) groups excluding carboxylic acids is 2. The fraction of sp³-hybridized carbons (Fsp3) is 0.419. The van der Waals surface area contributed by atoms with Crippen molar-refractivity contribution in [3.05, 3.63) is 64.3 Å². The largest absolute Gasteiger partial charge is 0.495 e. The first-order valence-corrected chi connectivity index (χ1v) is 14.1. The van der Waals surface area contributed by atoms with Crippen LogP contribution in [0.3, 0.4) is 0 Å². The molecule has 12 heteroatoms. The first-order valence-electron chi connectivity index (χ1n) is 14.1. The molecule has 230 valence electrons. The van der Waals surface area contributed by atoms with Gasteiger partial charge in [-0.2, -0.15) is 18.2 Å². The third kappa shape index (κ3) is 7.81. The van der Waals surface area contributed by atoms with Crippen molar-refractivity contribution >= 4 is 23.3 Å². The van der Waals surface area contributed by atoms with Gasteiger partial charge in [-0.25, -0.2) is 4.98 Å². The first kappa shape index (κ1) is 31.7. The molecule has 0 saturated carbocycles. The number of aryl methyl sites for hydroxylation is 1. The molecule has 1 aromatic heterocycles. The van der Waals surface area contributed by atoms with E-state index in [9.17, 15) is 22.8 Å². The van der Waals surface area contributed by atoms with Crippen LogP contribution in [0.4, 0.5) is 24.8 Å². The Labute approximate surface area is 248 Å². The summed E-state index contributed by atoms with van der Waals surface area (Å²) in [5.41, 5.74) is 1.03. The van der Waals surface area contributed by atoms with Crippen molar-refractivity contribution in [2.45, 2.75) is 59.2 Å². The van der Waals surface area contributed by atoms with Crippen LogP contribution in [-0.4, -0.2) is 47.9 Å². The molecule has 1 aliphatic heterocycles. The van der Waals surface area contributed by atoms with Crippen LogP contribution in [0.15, 0.2) is 36.5 Å². The van der Waals surface area contributed by atoms with E-state index < -0.39 is 17.6 Å². The van der Waals surface area contributed by atoms with E-state index in [4.69, 9.17) is 9.47 Å². The third-order valence-corrected chi connectivity index (χ3v) is 7.03. The molecule has 43 heavy (non-hydrogen) atoms. The lowest BCUT2D eigenvalue weighted by atomic mass is 9.95. The van der Waals surface area contributed by atoms with Crippen LogP contribution < -0.4 is 25.4 Å². The summed E-state index contributed by atoms with van der Waals surface area (Å²) in [6.45, 7) is 8.64. The summed E-state index contributed by atoms with van der Waals surface area (Å²) >= 11 is 0. The van der Waals surface area contributed by atoms with Gasteiger partial charge in [-0.1, -0.05) is 26.0 Å². The second-order valence-electron chi connectivity index (χ2n) is 11.0. The van der Waals surface area contributed by atoms with E-state index in [1.165, 1.54) is 20.1 Å². The topological polar surface area (TPSA) is 114 Å². The lowest BCUT2D eigenvalue weighted by Crippen LogP contribution is -2.45. The molecule has 3 N–H and O–H groups in total. The van der Waals surface area contributed by atoms with Crippen LogP contribution in [0.1, 0.15) is 71.0 Å². The van der Waals surface area contributed by atoms with Crippen LogP contribution in [0.5, 0.6) is 17.4 Å². The van der Waals surface area contributed by atoms with E-state index in [0.29, 0.717) is 41.5 Å². The lowest BCUT2D eigenvalue weighted by Gasteiger charge is -2.24. The number of alkyl halides is 3. The van der Waals surface area contributed by atoms with Gasteiger partial charge in [0.05, 0.1) is 18.4 Å². The van der Waals surface area contributed by atoms with Gasteiger partial charge in [0.2, 0.25) is 11.8 Å². The minimum absolute atomic E-state index is 0.0120. The van der Waals surface area contributed by atoms with Gasteiger partial charge in [0.15, 0.2) is 5.78 Å². The number of aromatic nitrogens is 2. The van der Waals surface area contributed by atoms with Gasteiger partial charge in [0, 0.05) is 24.3 Å². The second-order valence-corrected chi connectivity index (χ2v) is 11.0. The van der Waals surface area contributed by atoms with E-state index in [-0.39, 0.29) is 46.7 Å². The summed E-state index contributed by atoms with van der Waals surface area (Å²) in [5, 5.41) is 9.17. The number of nitrogens with one attached hydrogen (secondary N) is 3. The van der Waals surface area contributed by atoms with Gasteiger partial charge in [-0.05, 0) is 74.9 Å². The number of methoxy groups -OCH3 is 1. The smallest absolute Gasteiger partial charge is 0.423 e. The molecular formula is C31H36F3N5O4. The van der Waals surface area contributed by atoms with Crippen LogP contribution in [0.2, 0.25) is 0 Å². The number of hydrogen-bond acceptors (Lipinski definition) is 8. The zero-order chi connectivity index (χ0) is 31.3. The highest BCUT2D eigenvalue weighted by Crippen LogP contribution is 2.39. The van der Waals surface area contributed by atoms with Crippen molar-refractivity contribution < 1.29 is 32.2 Å². The summed E-state index contributed by atoms with van der Waals surface area (Å²) in [4.78, 5) is 33.4. The Hall–Kier alpha value is -4.19. The van der Waals surface area contributed by atoms with Crippen LogP contribution in [0, 0.1) is 12.8 Å². The molecular weight excluding hydrogens is 563 g/mol. The highest BCUT2D eigenvalue weighted by Gasteiger charge is 2.37. The summed E-state index contributed by atoms with van der Waals surface area (Å²) in [7, 11) is 1.41. The number of ketones is 1. The van der Waals surface area contributed by atoms with E-state index in [0.717, 1.165) is 19.4 Å². The molecule has 1 aliphatic rings. The van der Waals surface area contributed by atoms with E-state index >= 15 is 0 Å². The van der Waals surface area contributed by atoms with Gasteiger partial charge >= 0.3 is 6.18 Å². The monoisotopic (exact) mass is 599 g/mol. The van der Waals surface area contributed by atoms with Gasteiger partial charge in [-0.15, -0.1) is 0 Å². The minimum Gasteiger partial charge on any atom is -0.495 e. The summed E-state index contributed by atoms with van der Waals surface area (Å²) in [5.74, 6) is -1.11. The van der Waals surface area contributed by atoms with E-state index in [2.05, 4.69) is 25.9 Å². The highest BCUT2D eigenvalue weighted by atomic mass is 19.4. The Morgan fingerprint density at radius 2 is 1.95 bits per heavy atom. The summed E-state index contributed by atoms with van der Waals surface area (Å²) in [6, 6.07) is 8.03. The molecule has 4 rings (SSSR count). The Morgan fingerprint density at radius 1 is 1.19 bits per heavy atom. The molecule has 2 aromatic carbocycles. The molecule has 0 radical (unpaired) electrons. The molecule has 2 heterocycles. The standard InChI is InChI=1S/C31H36F3N5O4/c1-17(2)12-20-8-6-10-25(27(20)19(4)40)43-29-23(31(32,33)34)16-36-30(39-29)38-24-13-18(3)22(14-26(24)42-5)28(41)37-21-9-7-11-35-15-21/h6,8,10,13-14,16-17,21,35H,7,9,11-12,15H2,1-5H3,(H,37,41)(H,36,38,39). The van der Waals surface area contributed by atoms with Crippen LogP contribution >= 0.6 is 0 Å². The van der Waals surface area contributed by atoms with E-state index in [1.807, 2.05) is 13.8 Å². The van der Waals surface area contributed by atoms with Crippen molar-refractivity contribution in [2.75, 3.05) is 25.5 Å². The summed E-state index contributed by atoms with van der Waals surface area (Å²) < 4.78 is 53.1. The van der Waals surface area contributed by atoms with E-state index in [1.54, 1.807) is 31.2 Å². The zero-order valence-corrected chi connectivity index (χ0v) is 24.8. The van der Waals surface area contributed by atoms with Gasteiger partial charge < -0.3 is 25.4 Å². The Bertz CT molecular complexity index is 1490. The van der Waals surface area contributed by atoms with Gasteiger partial charge in [-0.3, -0.25) is 9.59 Å². The maximum absolute atomic E-state index is 14.0. The number of Topliss-reactive ketones (excluding diaryl/α,β-unsaturated/α-hetero) is 1. The lowest BCUT2D eigenvalue weighted by molar-refractivity contribution is -0.139. The average molecular weight is 600 g/mol. The molecule has 0 aliphatic carbocycles. The Kier molecular flexibility index (Phi) is 9.90. The number of amides is 1. The minimum atomic E-state index is -4.82. The maximum Gasteiger partial charge on any atom is 0.423 e. The molecule has 1 saturated heterocycles. The molecule has 1 atom stereocenters. The number of rotatable bonds is 10. The van der Waals surface area contributed by atoms with Crippen LogP contribution in [0.25, 0.3) is 0 Å². The Morgan fingerprint density at radius 3 is 2.58 bits per heavy atom. The summed E-state index contributed by atoms with van der Waals surface area (Å²) in [6.07, 6.45) is -1.82. The molecule has 9 nitrogen and oxygen atoms in total. The quantitative estimate of drug-likeness (QED) is 0.235. The van der Waals surface area contributed by atoms with Crippen molar-refractivity contribution in [3.63, 3.8) is 0 Å². The van der Waals surface area contributed by atoms with Crippen molar-refractivity contribution in [3.8, 4) is 17.4 Å². The predicted molar refractivity (Wildman–Crippen MR) is 156 cm³/mol. The average Bonchev–Trinajstić information content (AvgIpc) is 2.93. The maximum atomic E-state index is 14.0. The fourth-order valence-electron chi connectivity index (χ4n) is 5.03. The number of benzene rings is 2. The molecule has 1 amide bonds. The van der Waals surface area contributed by atoms with Gasteiger partial charge in [0.1, 0.15) is 17.1 Å². The number of carbonyl (C=O) groups is 2. The molecule has 1 fully saturated rings. The van der Waals surface area contributed by atoms with Crippen LogP contribution in [-0.2, 0) is 12.6 Å². The number of anilines is 2. The Balaban J connectivity index is 1.67. The number of halogens is 3. The molecule has 0 bridgehead atoms. The molecule has 3 aromatic rings. The van der Waals surface area contributed by atoms with Crippen molar-refractivity contribution in [2.24, 2.45) is 5.92 Å². The molecule has 1 unspecified atom stereocenters. The first-order chi connectivity index (χ1) is 20.4. The molecule has 0 spiro atoms. The highest BCUT2D eigenvalue weighted by molar-refractivity contribution is 5.98. The second kappa shape index (κ2) is 13.4.